The van der Waals surface area contributed by atoms with Crippen molar-refractivity contribution in [2.75, 3.05) is 6.61 Å². The first-order chi connectivity index (χ1) is 14.3. The summed E-state index contributed by atoms with van der Waals surface area (Å²) in [6, 6.07) is 5.55. The molecule has 1 fully saturated rings. The van der Waals surface area contributed by atoms with Crippen molar-refractivity contribution in [1.82, 2.24) is 10.2 Å². The SMILES string of the molecule is CC(C)CC(C(=O)OCC(=O)NC1CCCCC1C)N1C(=O)c2ccccc2C1=O. The number of amides is 3. The molecule has 30 heavy (non-hydrogen) atoms. The van der Waals surface area contributed by atoms with Gasteiger partial charge in [-0.15, -0.1) is 0 Å². The van der Waals surface area contributed by atoms with Gasteiger partial charge in [-0.05, 0) is 43.2 Å². The van der Waals surface area contributed by atoms with Crippen LogP contribution < -0.4 is 5.32 Å². The van der Waals surface area contributed by atoms with Gasteiger partial charge in [0.15, 0.2) is 6.61 Å². The second-order valence-corrected chi connectivity index (χ2v) is 8.71. The van der Waals surface area contributed by atoms with Crippen molar-refractivity contribution in [2.45, 2.75) is 65.0 Å². The first-order valence-corrected chi connectivity index (χ1v) is 10.7. The van der Waals surface area contributed by atoms with Crippen LogP contribution in [0.2, 0.25) is 0 Å². The molecule has 7 nitrogen and oxygen atoms in total. The maximum absolute atomic E-state index is 12.8. The predicted octanol–water partition coefficient (Wildman–Crippen LogP) is 2.94. The number of rotatable bonds is 7. The molecule has 1 aliphatic carbocycles. The van der Waals surface area contributed by atoms with Crippen LogP contribution in [0, 0.1) is 11.8 Å². The van der Waals surface area contributed by atoms with Gasteiger partial charge in [0.25, 0.3) is 17.7 Å². The zero-order valence-electron chi connectivity index (χ0n) is 17.8. The highest BCUT2D eigenvalue weighted by Gasteiger charge is 2.43. The summed E-state index contributed by atoms with van der Waals surface area (Å²) < 4.78 is 5.25. The zero-order chi connectivity index (χ0) is 21.8. The minimum atomic E-state index is -1.06. The quantitative estimate of drug-likeness (QED) is 0.547. The molecule has 3 unspecified atom stereocenters. The molecule has 7 heteroatoms. The number of imide groups is 1. The molecule has 3 amide bonds. The fourth-order valence-electron chi connectivity index (χ4n) is 4.26. The number of benzene rings is 1. The number of carbonyl (C=O) groups excluding carboxylic acids is 4. The van der Waals surface area contributed by atoms with Gasteiger partial charge in [-0.1, -0.05) is 45.7 Å². The minimum absolute atomic E-state index is 0.0452. The number of hydrogen-bond acceptors (Lipinski definition) is 5. The molecule has 1 saturated carbocycles. The molecule has 162 valence electrons. The summed E-state index contributed by atoms with van der Waals surface area (Å²) in [5.74, 6) is -1.65. The third-order valence-electron chi connectivity index (χ3n) is 5.91. The molecule has 2 aliphatic rings. The molecular formula is C23H30N2O5. The van der Waals surface area contributed by atoms with Gasteiger partial charge in [-0.25, -0.2) is 4.79 Å². The summed E-state index contributed by atoms with van der Waals surface area (Å²) in [6.45, 7) is 5.49. The maximum Gasteiger partial charge on any atom is 0.329 e. The number of hydrogen-bond donors (Lipinski definition) is 1. The Morgan fingerprint density at radius 3 is 2.27 bits per heavy atom. The van der Waals surface area contributed by atoms with E-state index >= 15 is 0 Å². The number of ether oxygens (including phenoxy) is 1. The summed E-state index contributed by atoms with van der Waals surface area (Å²) in [7, 11) is 0. The monoisotopic (exact) mass is 414 g/mol. The van der Waals surface area contributed by atoms with E-state index in [0.29, 0.717) is 5.92 Å². The number of nitrogens with one attached hydrogen (secondary N) is 1. The molecule has 0 bridgehead atoms. The van der Waals surface area contributed by atoms with Crippen molar-refractivity contribution in [3.8, 4) is 0 Å². The fraction of sp³-hybridized carbons (Fsp3) is 0.565. The Morgan fingerprint density at radius 1 is 1.10 bits per heavy atom. The molecule has 3 rings (SSSR count). The predicted molar refractivity (Wildman–Crippen MR) is 111 cm³/mol. The summed E-state index contributed by atoms with van der Waals surface area (Å²) >= 11 is 0. The maximum atomic E-state index is 12.8. The van der Waals surface area contributed by atoms with Gasteiger partial charge >= 0.3 is 5.97 Å². The van der Waals surface area contributed by atoms with Gasteiger partial charge in [0.2, 0.25) is 0 Å². The van der Waals surface area contributed by atoms with E-state index in [9.17, 15) is 19.2 Å². The highest BCUT2D eigenvalue weighted by Crippen LogP contribution is 2.27. The van der Waals surface area contributed by atoms with Crippen LogP contribution in [0.3, 0.4) is 0 Å². The zero-order valence-corrected chi connectivity index (χ0v) is 17.8. The number of carbonyl (C=O) groups is 4. The van der Waals surface area contributed by atoms with Gasteiger partial charge in [0.05, 0.1) is 11.1 Å². The molecule has 1 N–H and O–H groups in total. The molecule has 1 heterocycles. The molecule has 0 saturated heterocycles. The molecule has 3 atom stereocenters. The van der Waals surface area contributed by atoms with Crippen LogP contribution in [0.15, 0.2) is 24.3 Å². The average molecular weight is 415 g/mol. The molecule has 1 aromatic rings. The van der Waals surface area contributed by atoms with Crippen LogP contribution in [0.1, 0.15) is 73.6 Å². The lowest BCUT2D eigenvalue weighted by atomic mass is 9.86. The van der Waals surface area contributed by atoms with Crippen molar-refractivity contribution < 1.29 is 23.9 Å². The lowest BCUT2D eigenvalue weighted by Gasteiger charge is -2.29. The Hall–Kier alpha value is -2.70. The highest BCUT2D eigenvalue weighted by molar-refractivity contribution is 6.22. The Labute approximate surface area is 177 Å². The van der Waals surface area contributed by atoms with Gasteiger partial charge < -0.3 is 10.1 Å². The molecule has 0 spiro atoms. The summed E-state index contributed by atoms with van der Waals surface area (Å²) in [5, 5.41) is 2.94. The van der Waals surface area contributed by atoms with Crippen molar-refractivity contribution in [3.05, 3.63) is 35.4 Å². The fourth-order valence-corrected chi connectivity index (χ4v) is 4.26. The van der Waals surface area contributed by atoms with Crippen LogP contribution in [0.4, 0.5) is 0 Å². The summed E-state index contributed by atoms with van der Waals surface area (Å²) in [4.78, 5) is 51.7. The van der Waals surface area contributed by atoms with Gasteiger partial charge in [0, 0.05) is 6.04 Å². The Balaban J connectivity index is 1.65. The third-order valence-corrected chi connectivity index (χ3v) is 5.91. The number of esters is 1. The first-order valence-electron chi connectivity index (χ1n) is 10.7. The first kappa shape index (κ1) is 22.0. The number of fused-ring (bicyclic) bond motifs is 1. The van der Waals surface area contributed by atoms with Crippen LogP contribution in [-0.4, -0.2) is 47.3 Å². The number of nitrogens with zero attached hydrogens (tertiary/aromatic N) is 1. The summed E-state index contributed by atoms with van der Waals surface area (Å²) in [5.41, 5.74) is 0.571. The third kappa shape index (κ3) is 4.71. The average Bonchev–Trinajstić information content (AvgIpc) is 2.97. The van der Waals surface area contributed by atoms with Gasteiger partial charge in [-0.2, -0.15) is 0 Å². The van der Waals surface area contributed by atoms with Crippen LogP contribution in [-0.2, 0) is 14.3 Å². The highest BCUT2D eigenvalue weighted by atomic mass is 16.5. The van der Waals surface area contributed by atoms with Crippen LogP contribution in [0.25, 0.3) is 0 Å². The lowest BCUT2D eigenvalue weighted by Crippen LogP contribution is -2.48. The van der Waals surface area contributed by atoms with E-state index in [2.05, 4.69) is 12.2 Å². The Bertz CT molecular complexity index is 800. The van der Waals surface area contributed by atoms with Crippen molar-refractivity contribution in [1.29, 1.82) is 0 Å². The topological polar surface area (TPSA) is 92.8 Å². The molecule has 1 aliphatic heterocycles. The van der Waals surface area contributed by atoms with Gasteiger partial charge in [0.1, 0.15) is 6.04 Å². The standard InChI is InChI=1S/C23H30N2O5/c1-14(2)12-19(25-21(27)16-9-5-6-10-17(16)22(25)28)23(29)30-13-20(26)24-18-11-7-4-8-15(18)3/h5-6,9-10,14-15,18-19H,4,7-8,11-13H2,1-3H3,(H,24,26). The van der Waals surface area contributed by atoms with Crippen LogP contribution >= 0.6 is 0 Å². The van der Waals surface area contributed by atoms with Crippen LogP contribution in [0.5, 0.6) is 0 Å². The molecule has 1 aromatic carbocycles. The Morgan fingerprint density at radius 2 is 1.70 bits per heavy atom. The lowest BCUT2D eigenvalue weighted by molar-refractivity contribution is -0.153. The second-order valence-electron chi connectivity index (χ2n) is 8.71. The largest absolute Gasteiger partial charge is 0.454 e. The van der Waals surface area contributed by atoms with E-state index in [1.54, 1.807) is 24.3 Å². The Kier molecular flexibility index (Phi) is 6.90. The van der Waals surface area contributed by atoms with Crippen molar-refractivity contribution >= 4 is 23.7 Å². The smallest absolute Gasteiger partial charge is 0.329 e. The van der Waals surface area contributed by atoms with E-state index in [1.807, 2.05) is 13.8 Å². The van der Waals surface area contributed by atoms with E-state index in [4.69, 9.17) is 4.74 Å². The van der Waals surface area contributed by atoms with Crippen molar-refractivity contribution in [2.24, 2.45) is 11.8 Å². The van der Waals surface area contributed by atoms with E-state index < -0.39 is 30.4 Å². The van der Waals surface area contributed by atoms with E-state index in [0.717, 1.165) is 24.2 Å². The van der Waals surface area contributed by atoms with E-state index in [1.165, 1.54) is 6.42 Å². The molecular weight excluding hydrogens is 384 g/mol. The molecule has 0 aromatic heterocycles. The molecule has 0 radical (unpaired) electrons. The van der Waals surface area contributed by atoms with Gasteiger partial charge in [-0.3, -0.25) is 19.3 Å². The minimum Gasteiger partial charge on any atom is -0.454 e. The van der Waals surface area contributed by atoms with E-state index in [-0.39, 0.29) is 35.4 Å². The normalized spacial score (nSPS) is 22.1. The van der Waals surface area contributed by atoms with Crippen molar-refractivity contribution in [3.63, 3.8) is 0 Å². The second kappa shape index (κ2) is 9.41. The summed E-state index contributed by atoms with van der Waals surface area (Å²) in [6.07, 6.45) is 4.50.